The summed E-state index contributed by atoms with van der Waals surface area (Å²) in [6.07, 6.45) is 2.20. The zero-order valence-electron chi connectivity index (χ0n) is 12.7. The minimum absolute atomic E-state index is 0.258. The highest BCUT2D eigenvalue weighted by molar-refractivity contribution is 7.99. The predicted molar refractivity (Wildman–Crippen MR) is 91.3 cm³/mol. The lowest BCUT2D eigenvalue weighted by molar-refractivity contribution is 0.312. The van der Waals surface area contributed by atoms with Crippen LogP contribution in [0, 0.1) is 0 Å². The minimum atomic E-state index is 0.258. The van der Waals surface area contributed by atoms with E-state index in [9.17, 15) is 0 Å². The van der Waals surface area contributed by atoms with Gasteiger partial charge in [0.25, 0.3) is 0 Å². The first-order chi connectivity index (χ1) is 9.69. The van der Waals surface area contributed by atoms with E-state index >= 15 is 0 Å². The molecule has 0 aliphatic rings. The molecule has 4 heteroatoms. The van der Waals surface area contributed by atoms with Gasteiger partial charge in [0.05, 0.1) is 6.61 Å². The molecule has 0 amide bonds. The summed E-state index contributed by atoms with van der Waals surface area (Å²) in [7, 11) is 0. The summed E-state index contributed by atoms with van der Waals surface area (Å²) in [4.78, 5) is 0. The van der Waals surface area contributed by atoms with Crippen LogP contribution in [0.25, 0.3) is 0 Å². The fourth-order valence-corrected chi connectivity index (χ4v) is 2.74. The number of benzene rings is 1. The highest BCUT2D eigenvalue weighted by Gasteiger charge is 2.11. The monoisotopic (exact) mass is 315 g/mol. The van der Waals surface area contributed by atoms with Crippen LogP contribution in [0.4, 0.5) is 0 Å². The second kappa shape index (κ2) is 10.4. The zero-order valence-corrected chi connectivity index (χ0v) is 14.3. The molecule has 1 aromatic carbocycles. The number of rotatable bonds is 10. The third kappa shape index (κ3) is 6.38. The molecule has 20 heavy (non-hydrogen) atoms. The molecule has 0 bridgehead atoms. The number of hydrogen-bond donors (Lipinski definition) is 1. The van der Waals surface area contributed by atoms with Gasteiger partial charge in [0.2, 0.25) is 0 Å². The van der Waals surface area contributed by atoms with Gasteiger partial charge in [0.15, 0.2) is 0 Å². The van der Waals surface area contributed by atoms with Gasteiger partial charge in [-0.3, -0.25) is 0 Å². The number of halogens is 1. The first kappa shape index (κ1) is 17.7. The Morgan fingerprint density at radius 3 is 2.85 bits per heavy atom. The van der Waals surface area contributed by atoms with Gasteiger partial charge in [0.1, 0.15) is 5.75 Å². The maximum atomic E-state index is 6.11. The van der Waals surface area contributed by atoms with Crippen molar-refractivity contribution in [2.24, 2.45) is 0 Å². The van der Waals surface area contributed by atoms with E-state index in [0.717, 1.165) is 48.1 Å². The van der Waals surface area contributed by atoms with Crippen molar-refractivity contribution in [2.45, 2.75) is 39.7 Å². The largest absolute Gasteiger partial charge is 0.493 e. The van der Waals surface area contributed by atoms with Gasteiger partial charge in [0, 0.05) is 16.6 Å². The second-order valence-electron chi connectivity index (χ2n) is 4.76. The van der Waals surface area contributed by atoms with E-state index in [1.165, 1.54) is 5.75 Å². The maximum Gasteiger partial charge on any atom is 0.124 e. The van der Waals surface area contributed by atoms with Gasteiger partial charge in [-0.1, -0.05) is 25.4 Å². The molecule has 0 saturated heterocycles. The van der Waals surface area contributed by atoms with E-state index < -0.39 is 0 Å². The molecule has 0 spiro atoms. The first-order valence-corrected chi connectivity index (χ1v) is 8.95. The Hall–Kier alpha value is -0.380. The van der Waals surface area contributed by atoms with Gasteiger partial charge in [-0.15, -0.1) is 0 Å². The van der Waals surface area contributed by atoms with E-state index in [-0.39, 0.29) is 6.04 Å². The molecular formula is C16H26ClNOS. The molecule has 0 aliphatic heterocycles. The van der Waals surface area contributed by atoms with Crippen molar-refractivity contribution in [3.8, 4) is 5.75 Å². The number of nitrogens with one attached hydrogen (secondary N) is 1. The smallest absolute Gasteiger partial charge is 0.124 e. The van der Waals surface area contributed by atoms with Crippen molar-refractivity contribution < 1.29 is 4.74 Å². The lowest BCUT2D eigenvalue weighted by Crippen LogP contribution is -2.20. The fourth-order valence-electron chi connectivity index (χ4n) is 1.95. The molecule has 1 unspecified atom stereocenters. The average molecular weight is 316 g/mol. The molecular weight excluding hydrogens is 290 g/mol. The molecule has 0 saturated carbocycles. The summed E-state index contributed by atoms with van der Waals surface area (Å²) in [5.41, 5.74) is 1.15. The molecule has 1 N–H and O–H groups in total. The Bertz CT molecular complexity index is 387. The third-order valence-electron chi connectivity index (χ3n) is 3.03. The first-order valence-electron chi connectivity index (χ1n) is 7.42. The van der Waals surface area contributed by atoms with E-state index in [4.69, 9.17) is 16.3 Å². The Balaban J connectivity index is 2.59. The molecule has 1 atom stereocenters. The summed E-state index contributed by atoms with van der Waals surface area (Å²) in [6.45, 7) is 8.27. The van der Waals surface area contributed by atoms with E-state index in [1.54, 1.807) is 0 Å². The summed E-state index contributed by atoms with van der Waals surface area (Å²) >= 11 is 8.06. The highest BCUT2D eigenvalue weighted by atomic mass is 35.5. The number of ether oxygens (including phenoxy) is 1. The van der Waals surface area contributed by atoms with Crippen LogP contribution in [0.15, 0.2) is 18.2 Å². The van der Waals surface area contributed by atoms with Crippen molar-refractivity contribution >= 4 is 23.4 Å². The van der Waals surface area contributed by atoms with Crippen LogP contribution in [-0.4, -0.2) is 24.7 Å². The molecule has 1 aromatic rings. The van der Waals surface area contributed by atoms with Crippen molar-refractivity contribution in [3.05, 3.63) is 28.8 Å². The Labute approximate surface area is 132 Å². The quantitative estimate of drug-likeness (QED) is 0.619. The standard InChI is InChI=1S/C16H26ClNOS/c1-4-9-18-13(3)15-12-14(17)7-8-16(15)19-10-6-11-20-5-2/h7-8,12-13,18H,4-6,9-11H2,1-3H3. The lowest BCUT2D eigenvalue weighted by Gasteiger charge is -2.18. The molecule has 1 rings (SSSR count). The van der Waals surface area contributed by atoms with Crippen molar-refractivity contribution in [1.29, 1.82) is 0 Å². The Morgan fingerprint density at radius 2 is 2.15 bits per heavy atom. The lowest BCUT2D eigenvalue weighted by atomic mass is 10.1. The molecule has 0 heterocycles. The van der Waals surface area contributed by atoms with Gasteiger partial charge < -0.3 is 10.1 Å². The van der Waals surface area contributed by atoms with E-state index in [2.05, 4.69) is 26.1 Å². The van der Waals surface area contributed by atoms with E-state index in [0.29, 0.717) is 0 Å². The van der Waals surface area contributed by atoms with Crippen molar-refractivity contribution in [3.63, 3.8) is 0 Å². The minimum Gasteiger partial charge on any atom is -0.493 e. The van der Waals surface area contributed by atoms with Crippen LogP contribution in [0.2, 0.25) is 5.02 Å². The SMILES string of the molecule is CCCNC(C)c1cc(Cl)ccc1OCCCSCC. The van der Waals surface area contributed by atoms with Gasteiger partial charge in [-0.05, 0) is 56.0 Å². The van der Waals surface area contributed by atoms with E-state index in [1.807, 2.05) is 30.0 Å². The van der Waals surface area contributed by atoms with Crippen molar-refractivity contribution in [2.75, 3.05) is 24.7 Å². The topological polar surface area (TPSA) is 21.3 Å². The predicted octanol–water partition coefficient (Wildman–Crippen LogP) is 4.92. The summed E-state index contributed by atoms with van der Waals surface area (Å²) in [5, 5.41) is 4.25. The van der Waals surface area contributed by atoms with Crippen LogP contribution in [0.3, 0.4) is 0 Å². The summed E-state index contributed by atoms with van der Waals surface area (Å²) < 4.78 is 5.93. The second-order valence-corrected chi connectivity index (χ2v) is 6.59. The molecule has 0 aliphatic carbocycles. The number of hydrogen-bond acceptors (Lipinski definition) is 3. The maximum absolute atomic E-state index is 6.11. The zero-order chi connectivity index (χ0) is 14.8. The summed E-state index contributed by atoms with van der Waals surface area (Å²) in [5.74, 6) is 3.28. The van der Waals surface area contributed by atoms with Gasteiger partial charge in [-0.25, -0.2) is 0 Å². The number of thioether (sulfide) groups is 1. The van der Waals surface area contributed by atoms with Gasteiger partial charge >= 0.3 is 0 Å². The molecule has 0 aromatic heterocycles. The summed E-state index contributed by atoms with van der Waals surface area (Å²) in [6, 6.07) is 6.14. The third-order valence-corrected chi connectivity index (χ3v) is 4.25. The van der Waals surface area contributed by atoms with Crippen LogP contribution >= 0.6 is 23.4 Å². The molecule has 114 valence electrons. The molecule has 2 nitrogen and oxygen atoms in total. The van der Waals surface area contributed by atoms with Gasteiger partial charge in [-0.2, -0.15) is 11.8 Å². The average Bonchev–Trinajstić information content (AvgIpc) is 2.45. The Morgan fingerprint density at radius 1 is 1.35 bits per heavy atom. The highest BCUT2D eigenvalue weighted by Crippen LogP contribution is 2.28. The molecule has 0 radical (unpaired) electrons. The fraction of sp³-hybridized carbons (Fsp3) is 0.625. The molecule has 0 fully saturated rings. The van der Waals surface area contributed by atoms with Crippen LogP contribution in [-0.2, 0) is 0 Å². The van der Waals surface area contributed by atoms with Crippen molar-refractivity contribution in [1.82, 2.24) is 5.32 Å². The van der Waals surface area contributed by atoms with Crippen LogP contribution < -0.4 is 10.1 Å². The normalized spacial score (nSPS) is 12.4. The van der Waals surface area contributed by atoms with Crippen LogP contribution in [0.5, 0.6) is 5.75 Å². The Kier molecular flexibility index (Phi) is 9.16. The van der Waals surface area contributed by atoms with Crippen LogP contribution in [0.1, 0.15) is 45.2 Å².